The summed E-state index contributed by atoms with van der Waals surface area (Å²) in [5, 5.41) is 13.9. The molecule has 1 unspecified atom stereocenters. The van der Waals surface area contributed by atoms with E-state index in [4.69, 9.17) is 21.1 Å². The first-order chi connectivity index (χ1) is 15.5. The van der Waals surface area contributed by atoms with Gasteiger partial charge >= 0.3 is 5.97 Å². The van der Waals surface area contributed by atoms with Crippen molar-refractivity contribution in [3.63, 3.8) is 0 Å². The smallest absolute Gasteiger partial charge is 0.338 e. The quantitative estimate of drug-likeness (QED) is 0.268. The third kappa shape index (κ3) is 7.24. The SMILES string of the molecule is COC(=O)C(=Cc1ccc(OCC(O)CNCc2ccccc2)cc1)c1cccc(Cl)c1. The largest absolute Gasteiger partial charge is 0.491 e. The molecule has 1 atom stereocenters. The van der Waals surface area contributed by atoms with Gasteiger partial charge in [-0.3, -0.25) is 0 Å². The van der Waals surface area contributed by atoms with E-state index in [9.17, 15) is 9.90 Å². The minimum Gasteiger partial charge on any atom is -0.491 e. The Balaban J connectivity index is 1.55. The topological polar surface area (TPSA) is 67.8 Å². The average molecular weight is 452 g/mol. The van der Waals surface area contributed by atoms with Crippen LogP contribution < -0.4 is 10.1 Å². The molecule has 0 amide bonds. The Morgan fingerprint density at radius 3 is 2.50 bits per heavy atom. The zero-order chi connectivity index (χ0) is 22.8. The van der Waals surface area contributed by atoms with Crippen LogP contribution in [-0.4, -0.2) is 37.4 Å². The van der Waals surface area contributed by atoms with E-state index in [-0.39, 0.29) is 6.61 Å². The second-order valence-corrected chi connectivity index (χ2v) is 7.65. The van der Waals surface area contributed by atoms with Crippen LogP contribution in [0.1, 0.15) is 16.7 Å². The molecule has 5 nitrogen and oxygen atoms in total. The summed E-state index contributed by atoms with van der Waals surface area (Å²) in [6.45, 7) is 1.29. The van der Waals surface area contributed by atoms with Crippen molar-refractivity contribution >= 4 is 29.2 Å². The van der Waals surface area contributed by atoms with Gasteiger partial charge in [-0.2, -0.15) is 0 Å². The van der Waals surface area contributed by atoms with E-state index < -0.39 is 12.1 Å². The lowest BCUT2D eigenvalue weighted by Gasteiger charge is -2.13. The Labute approximate surface area is 193 Å². The van der Waals surface area contributed by atoms with Gasteiger partial charge in [0.2, 0.25) is 0 Å². The van der Waals surface area contributed by atoms with Gasteiger partial charge in [0.25, 0.3) is 0 Å². The number of hydrogen-bond acceptors (Lipinski definition) is 5. The standard InChI is InChI=1S/C26H26ClNO4/c1-31-26(30)25(21-8-5-9-22(27)15-21)14-19-10-12-24(13-11-19)32-18-23(29)17-28-16-20-6-3-2-4-7-20/h2-15,23,28-29H,16-18H2,1H3. The normalized spacial score (nSPS) is 12.3. The molecule has 0 radical (unpaired) electrons. The molecule has 0 saturated carbocycles. The molecule has 0 spiro atoms. The molecule has 2 N–H and O–H groups in total. The molecule has 3 aromatic carbocycles. The van der Waals surface area contributed by atoms with E-state index in [0.717, 1.165) is 11.1 Å². The third-order valence-corrected chi connectivity index (χ3v) is 4.96. The van der Waals surface area contributed by atoms with Crippen molar-refractivity contribution in [2.24, 2.45) is 0 Å². The van der Waals surface area contributed by atoms with Crippen LogP contribution in [0.2, 0.25) is 5.02 Å². The molecular weight excluding hydrogens is 426 g/mol. The first-order valence-corrected chi connectivity index (χ1v) is 10.6. The van der Waals surface area contributed by atoms with E-state index in [1.807, 2.05) is 42.5 Å². The highest BCUT2D eigenvalue weighted by Crippen LogP contribution is 2.23. The lowest BCUT2D eigenvalue weighted by Crippen LogP contribution is -2.31. The van der Waals surface area contributed by atoms with Crippen LogP contribution in [0.4, 0.5) is 0 Å². The summed E-state index contributed by atoms with van der Waals surface area (Å²) in [6, 6.07) is 24.3. The Kier molecular flexibility index (Phi) is 8.87. The lowest BCUT2D eigenvalue weighted by molar-refractivity contribution is -0.133. The molecular formula is C26H26ClNO4. The van der Waals surface area contributed by atoms with Crippen LogP contribution in [0.3, 0.4) is 0 Å². The fourth-order valence-electron chi connectivity index (χ4n) is 3.08. The fraction of sp³-hybridized carbons (Fsp3) is 0.192. The summed E-state index contributed by atoms with van der Waals surface area (Å²) in [5.41, 5.74) is 3.05. The Morgan fingerprint density at radius 1 is 1.06 bits per heavy atom. The van der Waals surface area contributed by atoms with Crippen LogP contribution in [-0.2, 0) is 16.1 Å². The zero-order valence-corrected chi connectivity index (χ0v) is 18.6. The highest BCUT2D eigenvalue weighted by Gasteiger charge is 2.13. The summed E-state index contributed by atoms with van der Waals surface area (Å²) in [7, 11) is 1.34. The van der Waals surface area contributed by atoms with Crippen LogP contribution in [0.25, 0.3) is 11.6 Å². The number of methoxy groups -OCH3 is 1. The predicted octanol–water partition coefficient (Wildman–Crippen LogP) is 4.58. The number of carbonyl (C=O) groups is 1. The molecule has 6 heteroatoms. The number of hydrogen-bond donors (Lipinski definition) is 2. The van der Waals surface area contributed by atoms with Gasteiger partial charge in [-0.05, 0) is 47.0 Å². The average Bonchev–Trinajstić information content (AvgIpc) is 2.82. The second kappa shape index (κ2) is 12.1. The molecule has 0 aliphatic heterocycles. The Bertz CT molecular complexity index is 1040. The number of ether oxygens (including phenoxy) is 2. The number of carbonyl (C=O) groups excluding carboxylic acids is 1. The van der Waals surface area contributed by atoms with Crippen LogP contribution in [0.5, 0.6) is 5.75 Å². The van der Waals surface area contributed by atoms with Gasteiger partial charge in [0.15, 0.2) is 0 Å². The van der Waals surface area contributed by atoms with Crippen molar-refractivity contribution in [2.45, 2.75) is 12.6 Å². The zero-order valence-electron chi connectivity index (χ0n) is 17.8. The molecule has 0 aromatic heterocycles. The van der Waals surface area contributed by atoms with Crippen molar-refractivity contribution in [3.05, 3.63) is 101 Å². The van der Waals surface area contributed by atoms with Crippen LogP contribution >= 0.6 is 11.6 Å². The number of aliphatic hydroxyl groups excluding tert-OH is 1. The lowest BCUT2D eigenvalue weighted by atomic mass is 10.0. The van der Waals surface area contributed by atoms with Crippen molar-refractivity contribution in [1.82, 2.24) is 5.32 Å². The highest BCUT2D eigenvalue weighted by molar-refractivity contribution is 6.31. The van der Waals surface area contributed by atoms with Gasteiger partial charge in [0.05, 0.1) is 12.7 Å². The van der Waals surface area contributed by atoms with Gasteiger partial charge in [0, 0.05) is 18.1 Å². The summed E-state index contributed by atoms with van der Waals surface area (Å²) in [4.78, 5) is 12.3. The molecule has 3 aromatic rings. The first-order valence-electron chi connectivity index (χ1n) is 10.3. The van der Waals surface area contributed by atoms with Gasteiger partial charge < -0.3 is 19.9 Å². The van der Waals surface area contributed by atoms with E-state index in [1.165, 1.54) is 7.11 Å². The second-order valence-electron chi connectivity index (χ2n) is 7.21. The maximum atomic E-state index is 12.3. The van der Waals surface area contributed by atoms with Crippen molar-refractivity contribution in [2.75, 3.05) is 20.3 Å². The number of nitrogens with one attached hydrogen (secondary N) is 1. The van der Waals surface area contributed by atoms with Crippen LogP contribution in [0.15, 0.2) is 78.9 Å². The summed E-state index contributed by atoms with van der Waals surface area (Å²) in [5.74, 6) is 0.186. The van der Waals surface area contributed by atoms with Gasteiger partial charge in [-0.25, -0.2) is 4.79 Å². The van der Waals surface area contributed by atoms with E-state index in [2.05, 4.69) is 5.32 Å². The fourth-order valence-corrected chi connectivity index (χ4v) is 3.27. The van der Waals surface area contributed by atoms with Crippen LogP contribution in [0, 0.1) is 0 Å². The Hall–Kier alpha value is -3.12. The predicted molar refractivity (Wildman–Crippen MR) is 127 cm³/mol. The first kappa shape index (κ1) is 23.5. The molecule has 0 bridgehead atoms. The monoisotopic (exact) mass is 451 g/mol. The van der Waals surface area contributed by atoms with Crippen molar-refractivity contribution < 1.29 is 19.4 Å². The molecule has 0 aliphatic rings. The third-order valence-electron chi connectivity index (χ3n) is 4.73. The molecule has 3 rings (SSSR count). The van der Waals surface area contributed by atoms with E-state index in [0.29, 0.717) is 35.0 Å². The van der Waals surface area contributed by atoms with Gasteiger partial charge in [-0.15, -0.1) is 0 Å². The molecule has 0 aliphatic carbocycles. The maximum Gasteiger partial charge on any atom is 0.338 e. The van der Waals surface area contributed by atoms with E-state index in [1.54, 1.807) is 42.5 Å². The highest BCUT2D eigenvalue weighted by atomic mass is 35.5. The van der Waals surface area contributed by atoms with Crippen molar-refractivity contribution in [3.8, 4) is 5.75 Å². The molecule has 0 heterocycles. The number of esters is 1. The number of halogens is 1. The summed E-state index contributed by atoms with van der Waals surface area (Å²) in [6.07, 6.45) is 1.11. The van der Waals surface area contributed by atoms with Crippen molar-refractivity contribution in [1.29, 1.82) is 0 Å². The number of rotatable bonds is 10. The summed E-state index contributed by atoms with van der Waals surface area (Å²) >= 11 is 6.06. The summed E-state index contributed by atoms with van der Waals surface area (Å²) < 4.78 is 10.6. The number of aliphatic hydroxyl groups is 1. The molecule has 32 heavy (non-hydrogen) atoms. The Morgan fingerprint density at radius 2 is 1.81 bits per heavy atom. The minimum atomic E-state index is -0.632. The molecule has 0 saturated heterocycles. The molecule has 0 fully saturated rings. The van der Waals surface area contributed by atoms with Gasteiger partial charge in [-0.1, -0.05) is 66.2 Å². The maximum absolute atomic E-state index is 12.3. The minimum absolute atomic E-state index is 0.174. The molecule has 166 valence electrons. The van der Waals surface area contributed by atoms with Gasteiger partial charge in [0.1, 0.15) is 18.5 Å². The van der Waals surface area contributed by atoms with E-state index >= 15 is 0 Å². The number of benzene rings is 3.